The van der Waals surface area contributed by atoms with Gasteiger partial charge in [-0.3, -0.25) is 0 Å². The van der Waals surface area contributed by atoms with Crippen LogP contribution in [0.2, 0.25) is 0 Å². The maximum atomic E-state index is 10.4. The Labute approximate surface area is 190 Å². The smallest absolute Gasteiger partial charge is 0.335 e. The minimum absolute atomic E-state index is 0. The van der Waals surface area contributed by atoms with Gasteiger partial charge in [-0.15, -0.1) is 0 Å². The standard InChI is InChI=1S/2C8H6O4.Rb/c2*9-7(10)5-2-1-3-6(4-5)8(11)12;/h2*1-4H,(H,9,10)(H,11,12);. The zero-order valence-corrected chi connectivity index (χ0v) is 18.0. The summed E-state index contributed by atoms with van der Waals surface area (Å²) in [6, 6.07) is 10.4. The Morgan fingerprint density at radius 1 is 0.520 bits per heavy atom. The summed E-state index contributed by atoms with van der Waals surface area (Å²) < 4.78 is 0. The second-order valence-corrected chi connectivity index (χ2v) is 4.38. The molecule has 4 N–H and O–H groups in total. The van der Waals surface area contributed by atoms with Crippen LogP contribution in [0.5, 0.6) is 0 Å². The van der Waals surface area contributed by atoms with Crippen molar-refractivity contribution >= 4 is 82.1 Å². The van der Waals surface area contributed by atoms with Gasteiger partial charge in [-0.05, 0) is 36.4 Å². The molecule has 1 radical (unpaired) electrons. The monoisotopic (exact) mass is 417 g/mol. The molecule has 0 aliphatic rings. The van der Waals surface area contributed by atoms with Crippen LogP contribution in [0.25, 0.3) is 0 Å². The van der Waals surface area contributed by atoms with Crippen molar-refractivity contribution in [3.05, 3.63) is 70.8 Å². The number of carboxylic acid groups (broad SMARTS) is 4. The van der Waals surface area contributed by atoms with E-state index in [4.69, 9.17) is 20.4 Å². The van der Waals surface area contributed by atoms with Gasteiger partial charge in [0.1, 0.15) is 0 Å². The van der Waals surface area contributed by atoms with Crippen LogP contribution in [-0.4, -0.2) is 102 Å². The molecule has 0 amide bonds. The summed E-state index contributed by atoms with van der Waals surface area (Å²) in [7, 11) is 0. The molecule has 0 spiro atoms. The molecule has 2 rings (SSSR count). The SMILES string of the molecule is O=C(O)c1cccc(C(=O)O)c1.O=C(O)c1cccc(C(=O)O)c1.[Rb]. The van der Waals surface area contributed by atoms with Gasteiger partial charge in [0.25, 0.3) is 0 Å². The zero-order chi connectivity index (χ0) is 18.3. The Kier molecular flexibility index (Phi) is 10.1. The predicted octanol–water partition coefficient (Wildman–Crippen LogP) is 1.79. The molecule has 0 aromatic heterocycles. The fraction of sp³-hybridized carbons (Fsp3) is 0. The van der Waals surface area contributed by atoms with E-state index in [1.54, 1.807) is 0 Å². The zero-order valence-electron chi connectivity index (χ0n) is 13.0. The van der Waals surface area contributed by atoms with Crippen molar-refractivity contribution in [1.82, 2.24) is 0 Å². The van der Waals surface area contributed by atoms with E-state index < -0.39 is 23.9 Å². The molecule has 0 aliphatic heterocycles. The van der Waals surface area contributed by atoms with E-state index in [2.05, 4.69) is 0 Å². The number of hydrogen-bond acceptors (Lipinski definition) is 4. The van der Waals surface area contributed by atoms with Gasteiger partial charge >= 0.3 is 23.9 Å². The van der Waals surface area contributed by atoms with Crippen LogP contribution in [-0.2, 0) is 0 Å². The maximum absolute atomic E-state index is 10.4. The van der Waals surface area contributed by atoms with Crippen LogP contribution in [0.4, 0.5) is 0 Å². The molecule has 0 saturated carbocycles. The Morgan fingerprint density at radius 2 is 0.720 bits per heavy atom. The minimum atomic E-state index is -1.13. The van der Waals surface area contributed by atoms with Crippen LogP contribution in [0, 0.1) is 0 Å². The first-order valence-electron chi connectivity index (χ1n) is 6.35. The molecule has 125 valence electrons. The Balaban J connectivity index is 0.000000443. The maximum Gasteiger partial charge on any atom is 0.335 e. The van der Waals surface area contributed by atoms with Crippen LogP contribution >= 0.6 is 0 Å². The quantitative estimate of drug-likeness (QED) is 0.588. The third kappa shape index (κ3) is 7.70. The van der Waals surface area contributed by atoms with E-state index in [-0.39, 0.29) is 80.4 Å². The Morgan fingerprint density at radius 3 is 0.880 bits per heavy atom. The van der Waals surface area contributed by atoms with Gasteiger partial charge in [0.15, 0.2) is 0 Å². The van der Waals surface area contributed by atoms with Gasteiger partial charge in [0.05, 0.1) is 22.3 Å². The summed E-state index contributed by atoms with van der Waals surface area (Å²) in [5, 5.41) is 34.0. The number of hydrogen-bond donors (Lipinski definition) is 4. The molecule has 8 nitrogen and oxygen atoms in total. The fourth-order valence-corrected chi connectivity index (χ4v) is 1.57. The number of carbonyl (C=O) groups is 4. The Bertz CT molecular complexity index is 674. The summed E-state index contributed by atoms with van der Waals surface area (Å²) in [4.78, 5) is 41.5. The topological polar surface area (TPSA) is 149 Å². The molecule has 0 saturated heterocycles. The van der Waals surface area contributed by atoms with E-state index in [0.717, 1.165) is 12.1 Å². The van der Waals surface area contributed by atoms with Crippen molar-refractivity contribution < 1.29 is 39.6 Å². The van der Waals surface area contributed by atoms with Gasteiger partial charge in [0.2, 0.25) is 0 Å². The molecular weight excluding hydrogens is 406 g/mol. The van der Waals surface area contributed by atoms with Crippen molar-refractivity contribution in [1.29, 1.82) is 0 Å². The molecule has 2 aromatic rings. The van der Waals surface area contributed by atoms with E-state index >= 15 is 0 Å². The van der Waals surface area contributed by atoms with Gasteiger partial charge in [-0.25, -0.2) is 19.2 Å². The fourth-order valence-electron chi connectivity index (χ4n) is 1.57. The van der Waals surface area contributed by atoms with Gasteiger partial charge < -0.3 is 20.4 Å². The summed E-state index contributed by atoms with van der Waals surface area (Å²) in [5.41, 5.74) is -0.0744. The summed E-state index contributed by atoms with van der Waals surface area (Å²) in [6.45, 7) is 0. The molecule has 2 aromatic carbocycles. The number of rotatable bonds is 4. The third-order valence-electron chi connectivity index (χ3n) is 2.71. The van der Waals surface area contributed by atoms with E-state index in [0.29, 0.717) is 0 Å². The first kappa shape index (κ1) is 23.1. The molecule has 0 bridgehead atoms. The first-order valence-corrected chi connectivity index (χ1v) is 6.35. The van der Waals surface area contributed by atoms with Crippen molar-refractivity contribution in [2.24, 2.45) is 0 Å². The number of carboxylic acids is 4. The minimum Gasteiger partial charge on any atom is -0.478 e. The van der Waals surface area contributed by atoms with Crippen molar-refractivity contribution in [3.63, 3.8) is 0 Å². The summed E-state index contributed by atoms with van der Waals surface area (Å²) in [5.74, 6) is -4.51. The average molecular weight is 418 g/mol. The third-order valence-corrected chi connectivity index (χ3v) is 2.71. The second-order valence-electron chi connectivity index (χ2n) is 4.38. The van der Waals surface area contributed by atoms with E-state index in [1.165, 1.54) is 36.4 Å². The second kappa shape index (κ2) is 10.9. The van der Waals surface area contributed by atoms with Gasteiger partial charge in [0, 0.05) is 58.2 Å². The molecule has 0 heterocycles. The number of benzene rings is 2. The molecule has 9 heteroatoms. The van der Waals surface area contributed by atoms with Crippen molar-refractivity contribution in [3.8, 4) is 0 Å². The predicted molar refractivity (Wildman–Crippen MR) is 86.5 cm³/mol. The van der Waals surface area contributed by atoms with E-state index in [9.17, 15) is 19.2 Å². The normalized spacial score (nSPS) is 8.96. The molecule has 0 aliphatic carbocycles. The Hall–Kier alpha value is -1.87. The molecule has 0 atom stereocenters. The van der Waals surface area contributed by atoms with Crippen molar-refractivity contribution in [2.75, 3.05) is 0 Å². The van der Waals surface area contributed by atoms with E-state index in [1.807, 2.05) is 0 Å². The average Bonchev–Trinajstić information content (AvgIpc) is 2.55. The van der Waals surface area contributed by atoms with Gasteiger partial charge in [-0.1, -0.05) is 12.1 Å². The summed E-state index contributed by atoms with van der Waals surface area (Å²) >= 11 is 0. The largest absolute Gasteiger partial charge is 0.478 e. The molecule has 0 fully saturated rings. The van der Waals surface area contributed by atoms with Crippen molar-refractivity contribution in [2.45, 2.75) is 0 Å². The molecule has 0 unspecified atom stereocenters. The first-order chi connectivity index (χ1) is 11.2. The van der Waals surface area contributed by atoms with Crippen LogP contribution in [0.1, 0.15) is 41.4 Å². The molecule has 25 heavy (non-hydrogen) atoms. The van der Waals surface area contributed by atoms with Crippen LogP contribution in [0.15, 0.2) is 48.5 Å². The summed E-state index contributed by atoms with van der Waals surface area (Å²) in [6.07, 6.45) is 0. The van der Waals surface area contributed by atoms with Crippen LogP contribution < -0.4 is 0 Å². The van der Waals surface area contributed by atoms with Crippen LogP contribution in [0.3, 0.4) is 0 Å². The molecular formula is C16H12O8Rb. The van der Waals surface area contributed by atoms with Gasteiger partial charge in [-0.2, -0.15) is 0 Å². The number of aromatic carboxylic acids is 4.